The van der Waals surface area contributed by atoms with Gasteiger partial charge in [0.2, 0.25) is 11.8 Å². The average Bonchev–Trinajstić information content (AvgIpc) is 3.24. The van der Waals surface area contributed by atoms with Crippen LogP contribution in [0.15, 0.2) is 66.7 Å². The van der Waals surface area contributed by atoms with Gasteiger partial charge >= 0.3 is 5.97 Å². The molecule has 1 N–H and O–H groups in total. The van der Waals surface area contributed by atoms with Gasteiger partial charge in [-0.05, 0) is 60.9 Å². The number of amides is 1. The highest BCUT2D eigenvalue weighted by molar-refractivity contribution is 5.92. The zero-order valence-electron chi connectivity index (χ0n) is 21.1. The summed E-state index contributed by atoms with van der Waals surface area (Å²) in [6, 6.07) is 20.9. The van der Waals surface area contributed by atoms with Crippen molar-refractivity contribution in [3.05, 3.63) is 77.9 Å². The summed E-state index contributed by atoms with van der Waals surface area (Å²) in [5.41, 5.74) is 6.51. The number of benzene rings is 3. The fourth-order valence-corrected chi connectivity index (χ4v) is 3.96. The molecule has 4 aromatic rings. The molecule has 0 unspecified atom stereocenters. The van der Waals surface area contributed by atoms with Gasteiger partial charge in [-0.25, -0.2) is 0 Å². The Morgan fingerprint density at radius 2 is 1.69 bits per heavy atom. The molecule has 0 fully saturated rings. The van der Waals surface area contributed by atoms with Crippen LogP contribution in [0.2, 0.25) is 0 Å². The molecule has 0 aliphatic heterocycles. The van der Waals surface area contributed by atoms with Crippen LogP contribution < -0.4 is 14.8 Å². The van der Waals surface area contributed by atoms with Gasteiger partial charge < -0.3 is 14.8 Å². The molecule has 3 aromatic carbocycles. The van der Waals surface area contributed by atoms with Crippen LogP contribution in [-0.2, 0) is 9.59 Å². The summed E-state index contributed by atoms with van der Waals surface area (Å²) in [5, 5.41) is 7.82. The van der Waals surface area contributed by atoms with Crippen LogP contribution in [0.4, 0.5) is 5.69 Å². The Morgan fingerprint density at radius 3 is 2.36 bits per heavy atom. The number of hydrogen-bond donors (Lipinski definition) is 1. The Bertz CT molecular complexity index is 1420. The molecule has 0 aliphatic carbocycles. The van der Waals surface area contributed by atoms with E-state index in [1.807, 2.05) is 80.6 Å². The number of carbonyl (C=O) groups excluding carboxylic acids is 2. The van der Waals surface area contributed by atoms with Crippen LogP contribution in [0, 0.1) is 13.8 Å². The standard InChI is InChI=1S/C29H29N3O4/c1-6-26(34)30-23-15-13-21(14-16-23)27-28(22-10-8-11-24(17-22)35-5)31-32(29(27)36-20(4)33)25-12-7-9-18(2)19(25)3/h7-17H,6H2,1-5H3,(H,30,34). The number of hydrogen-bond acceptors (Lipinski definition) is 5. The zero-order valence-corrected chi connectivity index (χ0v) is 21.1. The molecule has 1 heterocycles. The van der Waals surface area contributed by atoms with Crippen LogP contribution in [0.3, 0.4) is 0 Å². The van der Waals surface area contributed by atoms with Crippen LogP contribution in [0.25, 0.3) is 28.1 Å². The predicted molar refractivity (Wildman–Crippen MR) is 141 cm³/mol. The normalized spacial score (nSPS) is 10.7. The van der Waals surface area contributed by atoms with Gasteiger partial charge in [-0.2, -0.15) is 9.78 Å². The Kier molecular flexibility index (Phi) is 7.20. The van der Waals surface area contributed by atoms with E-state index in [2.05, 4.69) is 5.32 Å². The first-order valence-electron chi connectivity index (χ1n) is 11.7. The summed E-state index contributed by atoms with van der Waals surface area (Å²) in [5.74, 6) is 0.487. The van der Waals surface area contributed by atoms with Crippen LogP contribution in [0.1, 0.15) is 31.4 Å². The minimum atomic E-state index is -0.452. The number of methoxy groups -OCH3 is 1. The number of esters is 1. The molecule has 0 aliphatic rings. The van der Waals surface area contributed by atoms with Crippen molar-refractivity contribution >= 4 is 17.6 Å². The van der Waals surface area contributed by atoms with Crippen LogP contribution in [0.5, 0.6) is 11.6 Å². The van der Waals surface area contributed by atoms with Crippen molar-refractivity contribution in [3.8, 4) is 39.7 Å². The highest BCUT2D eigenvalue weighted by Gasteiger charge is 2.25. The van der Waals surface area contributed by atoms with Gasteiger partial charge in [0.1, 0.15) is 11.4 Å². The van der Waals surface area contributed by atoms with Crippen molar-refractivity contribution in [2.75, 3.05) is 12.4 Å². The Balaban J connectivity index is 1.99. The van der Waals surface area contributed by atoms with Crippen molar-refractivity contribution in [2.45, 2.75) is 34.1 Å². The van der Waals surface area contributed by atoms with Gasteiger partial charge in [0.25, 0.3) is 0 Å². The fourth-order valence-electron chi connectivity index (χ4n) is 3.96. The molecule has 7 nitrogen and oxygen atoms in total. The molecule has 0 saturated heterocycles. The maximum absolute atomic E-state index is 12.3. The highest BCUT2D eigenvalue weighted by atomic mass is 16.5. The molecule has 1 aromatic heterocycles. The number of aromatic nitrogens is 2. The first kappa shape index (κ1) is 24.7. The van der Waals surface area contributed by atoms with Crippen LogP contribution in [-0.4, -0.2) is 28.8 Å². The second kappa shape index (κ2) is 10.5. The molecule has 1 amide bonds. The van der Waals surface area contributed by atoms with Gasteiger partial charge in [0.05, 0.1) is 18.4 Å². The van der Waals surface area contributed by atoms with E-state index in [4.69, 9.17) is 14.6 Å². The maximum Gasteiger partial charge on any atom is 0.309 e. The number of carbonyl (C=O) groups is 2. The molecule has 4 rings (SSSR count). The second-order valence-corrected chi connectivity index (χ2v) is 8.46. The second-order valence-electron chi connectivity index (χ2n) is 8.46. The van der Waals surface area contributed by atoms with Gasteiger partial charge in [0.15, 0.2) is 0 Å². The quantitative estimate of drug-likeness (QED) is 0.321. The number of aryl methyl sites for hydroxylation is 1. The summed E-state index contributed by atoms with van der Waals surface area (Å²) in [6.07, 6.45) is 0.390. The van der Waals surface area contributed by atoms with Gasteiger partial charge in [-0.1, -0.05) is 43.3 Å². The SMILES string of the molecule is CCC(=O)Nc1ccc(-c2c(-c3cccc(OC)c3)nn(-c3cccc(C)c3C)c2OC(C)=O)cc1. The van der Waals surface area contributed by atoms with Crippen molar-refractivity contribution < 1.29 is 19.1 Å². The predicted octanol–water partition coefficient (Wildman–Crippen LogP) is 6.11. The van der Waals surface area contributed by atoms with E-state index in [1.165, 1.54) is 6.92 Å². The summed E-state index contributed by atoms with van der Waals surface area (Å²) in [7, 11) is 1.61. The minimum absolute atomic E-state index is 0.0665. The van der Waals surface area contributed by atoms with E-state index in [0.717, 1.165) is 27.9 Å². The third-order valence-corrected chi connectivity index (χ3v) is 6.01. The summed E-state index contributed by atoms with van der Waals surface area (Å²) in [6.45, 7) is 7.22. The van der Waals surface area contributed by atoms with E-state index >= 15 is 0 Å². The molecule has 184 valence electrons. The molecule has 7 heteroatoms. The van der Waals surface area contributed by atoms with E-state index in [9.17, 15) is 9.59 Å². The highest BCUT2D eigenvalue weighted by Crippen LogP contribution is 2.42. The summed E-state index contributed by atoms with van der Waals surface area (Å²) < 4.78 is 12.9. The minimum Gasteiger partial charge on any atom is -0.497 e. The molecule has 0 bridgehead atoms. The zero-order chi connectivity index (χ0) is 25.8. The van der Waals surface area contributed by atoms with Gasteiger partial charge in [-0.15, -0.1) is 0 Å². The first-order valence-corrected chi connectivity index (χ1v) is 11.7. The van der Waals surface area contributed by atoms with Crippen molar-refractivity contribution in [2.24, 2.45) is 0 Å². The molecule has 0 saturated carbocycles. The molecular weight excluding hydrogens is 454 g/mol. The number of rotatable bonds is 7. The van der Waals surface area contributed by atoms with Crippen LogP contribution >= 0.6 is 0 Å². The van der Waals surface area contributed by atoms with E-state index in [0.29, 0.717) is 35.0 Å². The topological polar surface area (TPSA) is 82.4 Å². The van der Waals surface area contributed by atoms with Gasteiger partial charge in [0, 0.05) is 24.6 Å². The monoisotopic (exact) mass is 483 g/mol. The summed E-state index contributed by atoms with van der Waals surface area (Å²) >= 11 is 0. The third-order valence-electron chi connectivity index (χ3n) is 6.01. The lowest BCUT2D eigenvalue weighted by molar-refractivity contribution is -0.132. The Hall–Kier alpha value is -4.39. The third kappa shape index (κ3) is 5.00. The molecule has 0 radical (unpaired) electrons. The number of ether oxygens (including phenoxy) is 2. The largest absolute Gasteiger partial charge is 0.497 e. The van der Waals surface area contributed by atoms with E-state index in [-0.39, 0.29) is 5.91 Å². The number of anilines is 1. The Morgan fingerprint density at radius 1 is 0.972 bits per heavy atom. The van der Waals surface area contributed by atoms with Gasteiger partial charge in [-0.3, -0.25) is 9.59 Å². The first-order chi connectivity index (χ1) is 17.3. The average molecular weight is 484 g/mol. The maximum atomic E-state index is 12.3. The molecule has 0 spiro atoms. The number of nitrogens with zero attached hydrogens (tertiary/aromatic N) is 2. The summed E-state index contributed by atoms with van der Waals surface area (Å²) in [4.78, 5) is 24.1. The number of nitrogens with one attached hydrogen (secondary N) is 1. The molecule has 36 heavy (non-hydrogen) atoms. The molecule has 0 atom stereocenters. The van der Waals surface area contributed by atoms with E-state index < -0.39 is 5.97 Å². The fraction of sp³-hybridized carbons (Fsp3) is 0.207. The van der Waals surface area contributed by atoms with Crippen molar-refractivity contribution in [3.63, 3.8) is 0 Å². The van der Waals surface area contributed by atoms with E-state index in [1.54, 1.807) is 18.7 Å². The van der Waals surface area contributed by atoms with Crippen molar-refractivity contribution in [1.82, 2.24) is 9.78 Å². The smallest absolute Gasteiger partial charge is 0.309 e. The van der Waals surface area contributed by atoms with Crippen molar-refractivity contribution in [1.29, 1.82) is 0 Å². The lowest BCUT2D eigenvalue weighted by Gasteiger charge is -2.13. The lowest BCUT2D eigenvalue weighted by Crippen LogP contribution is -2.09. The molecular formula is C29H29N3O4. The Labute approximate surface area is 210 Å². The lowest BCUT2D eigenvalue weighted by atomic mass is 10.0.